The third kappa shape index (κ3) is 3.70. The number of carbonyl (C=O) groups excluding carboxylic acids is 1. The highest BCUT2D eigenvalue weighted by molar-refractivity contribution is 5.89. The monoisotopic (exact) mass is 262 g/mol. The van der Waals surface area contributed by atoms with Crippen molar-refractivity contribution in [2.45, 2.75) is 39.2 Å². The third-order valence-electron chi connectivity index (χ3n) is 3.83. The van der Waals surface area contributed by atoms with E-state index in [0.717, 1.165) is 24.1 Å². The van der Waals surface area contributed by atoms with Crippen molar-refractivity contribution in [3.05, 3.63) is 29.3 Å². The highest BCUT2D eigenvalue weighted by atomic mass is 16.3. The second kappa shape index (κ2) is 5.21. The summed E-state index contributed by atoms with van der Waals surface area (Å²) in [4.78, 5) is 11.8. The molecule has 4 heteroatoms. The zero-order chi connectivity index (χ0) is 14.0. The van der Waals surface area contributed by atoms with Crippen LogP contribution >= 0.6 is 0 Å². The van der Waals surface area contributed by atoms with Crippen molar-refractivity contribution >= 4 is 11.7 Å². The molecule has 2 rings (SSSR count). The average molecular weight is 262 g/mol. The van der Waals surface area contributed by atoms with Crippen molar-refractivity contribution in [3.8, 4) is 0 Å². The lowest BCUT2D eigenvalue weighted by Crippen LogP contribution is -2.43. The van der Waals surface area contributed by atoms with Crippen LogP contribution in [0.4, 0.5) is 10.5 Å². The molecule has 3 N–H and O–H groups in total. The van der Waals surface area contributed by atoms with Crippen molar-refractivity contribution in [3.63, 3.8) is 0 Å². The molecule has 1 aromatic carbocycles. The van der Waals surface area contributed by atoms with Gasteiger partial charge in [0.2, 0.25) is 0 Å². The second-order valence-electron chi connectivity index (χ2n) is 5.74. The Morgan fingerprint density at radius 3 is 2.63 bits per heavy atom. The van der Waals surface area contributed by atoms with Gasteiger partial charge in [-0.1, -0.05) is 6.07 Å². The molecule has 0 aromatic heterocycles. The van der Waals surface area contributed by atoms with E-state index in [-0.39, 0.29) is 12.6 Å². The molecule has 0 aliphatic heterocycles. The van der Waals surface area contributed by atoms with Crippen LogP contribution in [0.15, 0.2) is 18.2 Å². The lowest BCUT2D eigenvalue weighted by Gasteiger charge is -2.23. The molecule has 0 spiro atoms. The molecular formula is C15H22N2O2. The van der Waals surface area contributed by atoms with Crippen LogP contribution in [0.5, 0.6) is 0 Å². The van der Waals surface area contributed by atoms with Crippen LogP contribution in [0.25, 0.3) is 0 Å². The van der Waals surface area contributed by atoms with Gasteiger partial charge < -0.3 is 15.7 Å². The number of rotatable bonds is 4. The van der Waals surface area contributed by atoms with Gasteiger partial charge in [0.25, 0.3) is 0 Å². The normalized spacial score (nSPS) is 17.7. The van der Waals surface area contributed by atoms with Gasteiger partial charge in [0.15, 0.2) is 0 Å². The predicted molar refractivity (Wildman–Crippen MR) is 76.3 cm³/mol. The SMILES string of the molecule is Cc1ccc(NC(=O)NCC(C)(O)C2CC2)cc1C. The van der Waals surface area contributed by atoms with E-state index in [4.69, 9.17) is 0 Å². The minimum absolute atomic E-state index is 0.274. The Kier molecular flexibility index (Phi) is 3.80. The first-order chi connectivity index (χ1) is 8.88. The molecule has 0 saturated heterocycles. The van der Waals surface area contributed by atoms with E-state index in [9.17, 15) is 9.90 Å². The summed E-state index contributed by atoms with van der Waals surface area (Å²) in [5.74, 6) is 0.328. The van der Waals surface area contributed by atoms with Gasteiger partial charge in [0, 0.05) is 12.2 Å². The number of anilines is 1. The van der Waals surface area contributed by atoms with Crippen molar-refractivity contribution in [1.82, 2.24) is 5.32 Å². The van der Waals surface area contributed by atoms with E-state index >= 15 is 0 Å². The van der Waals surface area contributed by atoms with Gasteiger partial charge in [0.05, 0.1) is 5.60 Å². The Labute approximate surface area is 114 Å². The largest absolute Gasteiger partial charge is 0.388 e. The average Bonchev–Trinajstić information content (AvgIpc) is 3.16. The van der Waals surface area contributed by atoms with Gasteiger partial charge in [-0.05, 0) is 62.8 Å². The second-order valence-corrected chi connectivity index (χ2v) is 5.74. The molecule has 0 radical (unpaired) electrons. The fraction of sp³-hybridized carbons (Fsp3) is 0.533. The first-order valence-electron chi connectivity index (χ1n) is 6.73. The maximum Gasteiger partial charge on any atom is 0.319 e. The molecule has 1 aromatic rings. The van der Waals surface area contributed by atoms with Crippen LogP contribution < -0.4 is 10.6 Å². The fourth-order valence-corrected chi connectivity index (χ4v) is 2.10. The van der Waals surface area contributed by atoms with Crippen molar-refractivity contribution in [2.75, 3.05) is 11.9 Å². The van der Waals surface area contributed by atoms with Crippen LogP contribution in [-0.2, 0) is 0 Å². The van der Waals surface area contributed by atoms with Crippen molar-refractivity contribution in [2.24, 2.45) is 5.92 Å². The number of hydrogen-bond acceptors (Lipinski definition) is 2. The highest BCUT2D eigenvalue weighted by Crippen LogP contribution is 2.38. The van der Waals surface area contributed by atoms with Gasteiger partial charge in [-0.25, -0.2) is 4.79 Å². The highest BCUT2D eigenvalue weighted by Gasteiger charge is 2.39. The molecule has 0 heterocycles. The summed E-state index contributed by atoms with van der Waals surface area (Å²) in [6.07, 6.45) is 2.10. The first-order valence-corrected chi connectivity index (χ1v) is 6.73. The molecule has 2 amide bonds. The first kappa shape index (κ1) is 13.9. The molecule has 1 fully saturated rings. The molecule has 1 aliphatic rings. The van der Waals surface area contributed by atoms with E-state index in [0.29, 0.717) is 5.92 Å². The Bertz CT molecular complexity index is 479. The zero-order valence-electron chi connectivity index (χ0n) is 11.8. The summed E-state index contributed by atoms with van der Waals surface area (Å²) >= 11 is 0. The molecule has 19 heavy (non-hydrogen) atoms. The van der Waals surface area contributed by atoms with E-state index in [1.165, 1.54) is 5.56 Å². The van der Waals surface area contributed by atoms with Gasteiger partial charge in [-0.15, -0.1) is 0 Å². The topological polar surface area (TPSA) is 61.4 Å². The number of benzene rings is 1. The predicted octanol–water partition coefficient (Wildman–Crippen LogP) is 2.59. The molecule has 1 unspecified atom stereocenters. The number of amides is 2. The maximum absolute atomic E-state index is 11.8. The summed E-state index contributed by atoms with van der Waals surface area (Å²) in [6.45, 7) is 6.11. The number of nitrogens with one attached hydrogen (secondary N) is 2. The Balaban J connectivity index is 1.85. The minimum atomic E-state index is -0.791. The van der Waals surface area contributed by atoms with Crippen LogP contribution in [0, 0.1) is 19.8 Å². The zero-order valence-corrected chi connectivity index (χ0v) is 11.8. The fourth-order valence-electron chi connectivity index (χ4n) is 2.10. The van der Waals surface area contributed by atoms with Gasteiger partial charge in [-0.3, -0.25) is 0 Å². The van der Waals surface area contributed by atoms with Gasteiger partial charge >= 0.3 is 6.03 Å². The van der Waals surface area contributed by atoms with E-state index in [2.05, 4.69) is 10.6 Å². The number of hydrogen-bond donors (Lipinski definition) is 3. The summed E-state index contributed by atoms with van der Waals surface area (Å²) in [7, 11) is 0. The maximum atomic E-state index is 11.8. The van der Waals surface area contributed by atoms with Crippen LogP contribution in [0.3, 0.4) is 0 Å². The summed E-state index contributed by atoms with van der Waals surface area (Å²) in [5, 5.41) is 15.6. The van der Waals surface area contributed by atoms with Gasteiger partial charge in [0.1, 0.15) is 0 Å². The molecule has 1 aliphatic carbocycles. The number of aliphatic hydroxyl groups is 1. The number of carbonyl (C=O) groups is 1. The number of urea groups is 1. The quantitative estimate of drug-likeness (QED) is 0.781. The smallest absolute Gasteiger partial charge is 0.319 e. The molecular weight excluding hydrogens is 240 g/mol. The molecule has 0 bridgehead atoms. The van der Waals surface area contributed by atoms with Crippen LogP contribution in [0.1, 0.15) is 30.9 Å². The Morgan fingerprint density at radius 2 is 2.05 bits per heavy atom. The van der Waals surface area contributed by atoms with Gasteiger partial charge in [-0.2, -0.15) is 0 Å². The van der Waals surface area contributed by atoms with Crippen molar-refractivity contribution < 1.29 is 9.90 Å². The third-order valence-corrected chi connectivity index (χ3v) is 3.83. The number of aryl methyl sites for hydroxylation is 2. The van der Waals surface area contributed by atoms with E-state index < -0.39 is 5.60 Å². The Hall–Kier alpha value is -1.55. The standard InChI is InChI=1S/C15H22N2O2/c1-10-4-7-13(8-11(10)2)17-14(18)16-9-15(3,19)12-5-6-12/h4,7-8,12,19H,5-6,9H2,1-3H3,(H2,16,17,18). The molecule has 104 valence electrons. The van der Waals surface area contributed by atoms with Crippen LogP contribution in [0.2, 0.25) is 0 Å². The van der Waals surface area contributed by atoms with Crippen molar-refractivity contribution in [1.29, 1.82) is 0 Å². The lowest BCUT2D eigenvalue weighted by atomic mass is 10.0. The molecule has 1 atom stereocenters. The minimum Gasteiger partial charge on any atom is -0.388 e. The summed E-state index contributed by atoms with van der Waals surface area (Å²) < 4.78 is 0. The Morgan fingerprint density at radius 1 is 1.37 bits per heavy atom. The summed E-state index contributed by atoms with van der Waals surface area (Å²) in [5.41, 5.74) is 2.32. The van der Waals surface area contributed by atoms with E-state index in [1.807, 2.05) is 32.0 Å². The van der Waals surface area contributed by atoms with Crippen LogP contribution in [-0.4, -0.2) is 23.3 Å². The van der Waals surface area contributed by atoms with E-state index in [1.54, 1.807) is 6.92 Å². The molecule has 4 nitrogen and oxygen atoms in total. The summed E-state index contributed by atoms with van der Waals surface area (Å²) in [6, 6.07) is 5.52. The molecule has 1 saturated carbocycles. The lowest BCUT2D eigenvalue weighted by molar-refractivity contribution is 0.0398.